The van der Waals surface area contributed by atoms with E-state index < -0.39 is 33.4 Å². The number of hydrogen-bond donors (Lipinski definition) is 2. The second-order valence-electron chi connectivity index (χ2n) is 6.95. The molecular formula is C17H21ClN4O5S. The maximum absolute atomic E-state index is 12.8. The van der Waals surface area contributed by atoms with E-state index in [9.17, 15) is 22.8 Å². The van der Waals surface area contributed by atoms with Gasteiger partial charge in [0.05, 0.1) is 5.02 Å². The minimum atomic E-state index is -3.84. The maximum Gasteiger partial charge on any atom is 0.344 e. The molecule has 2 heterocycles. The normalized spacial score (nSPS) is 23.2. The van der Waals surface area contributed by atoms with E-state index in [-0.39, 0.29) is 15.5 Å². The first-order valence-corrected chi connectivity index (χ1v) is 10.7. The number of imide groups is 1. The topological polar surface area (TPSA) is 116 Å². The van der Waals surface area contributed by atoms with Crippen molar-refractivity contribution >= 4 is 39.5 Å². The van der Waals surface area contributed by atoms with Crippen LogP contribution >= 0.6 is 11.6 Å². The average Bonchev–Trinajstić information content (AvgIpc) is 3.26. The molecule has 1 aromatic rings. The molecule has 0 unspecified atom stereocenters. The minimum Gasteiger partial charge on any atom is -0.322 e. The van der Waals surface area contributed by atoms with E-state index >= 15 is 0 Å². The highest BCUT2D eigenvalue weighted by molar-refractivity contribution is 7.89. The Kier molecular flexibility index (Phi) is 5.39. The highest BCUT2D eigenvalue weighted by Gasteiger charge is 2.47. The first-order valence-electron chi connectivity index (χ1n) is 8.87. The molecule has 11 heteroatoms. The summed E-state index contributed by atoms with van der Waals surface area (Å²) in [6.07, 6.45) is 1.88. The van der Waals surface area contributed by atoms with Gasteiger partial charge in [0, 0.05) is 18.7 Å². The van der Waals surface area contributed by atoms with E-state index in [2.05, 4.69) is 10.7 Å². The molecule has 0 aliphatic carbocycles. The number of carbonyl (C=O) groups excluding carboxylic acids is 3. The van der Waals surface area contributed by atoms with E-state index in [1.165, 1.54) is 16.4 Å². The van der Waals surface area contributed by atoms with Crippen LogP contribution in [0.4, 0.5) is 4.79 Å². The van der Waals surface area contributed by atoms with E-state index in [0.29, 0.717) is 24.5 Å². The third-order valence-corrected chi connectivity index (χ3v) is 7.44. The zero-order valence-electron chi connectivity index (χ0n) is 15.5. The number of rotatable bonds is 5. The number of halogens is 1. The van der Waals surface area contributed by atoms with Gasteiger partial charge in [0.15, 0.2) is 0 Å². The molecule has 2 N–H and O–H groups in total. The predicted octanol–water partition coefficient (Wildman–Crippen LogP) is 1.49. The van der Waals surface area contributed by atoms with Crippen LogP contribution in [0.2, 0.25) is 5.02 Å². The summed E-state index contributed by atoms with van der Waals surface area (Å²) in [6, 6.07) is 3.05. The van der Waals surface area contributed by atoms with Crippen molar-refractivity contribution in [2.24, 2.45) is 0 Å². The van der Waals surface area contributed by atoms with E-state index in [4.69, 9.17) is 11.6 Å². The monoisotopic (exact) mass is 428 g/mol. The molecule has 0 radical (unpaired) electrons. The van der Waals surface area contributed by atoms with Crippen molar-refractivity contribution in [1.82, 2.24) is 20.1 Å². The van der Waals surface area contributed by atoms with Crippen LogP contribution < -0.4 is 10.7 Å². The molecular weight excluding hydrogens is 408 g/mol. The third kappa shape index (κ3) is 3.47. The Labute approximate surface area is 168 Å². The molecule has 152 valence electrons. The summed E-state index contributed by atoms with van der Waals surface area (Å²) in [4.78, 5) is 36.8. The van der Waals surface area contributed by atoms with Crippen LogP contribution in [0.1, 0.15) is 43.5 Å². The molecule has 2 fully saturated rings. The lowest BCUT2D eigenvalue weighted by Crippen LogP contribution is -2.48. The standard InChI is InChI=1S/C17H21ClN4O5S/c1-3-17(2)15(24)22(16(25)19-17)20-14(23)11-6-7-12(18)13(10-11)28(26,27)21-8-4-5-9-21/h6-7,10H,3-5,8-9H2,1-2H3,(H,19,25)(H,20,23)/t17-/m1/s1. The van der Waals surface area contributed by atoms with Gasteiger partial charge in [0.25, 0.3) is 11.8 Å². The fourth-order valence-electron chi connectivity index (χ4n) is 3.10. The molecule has 28 heavy (non-hydrogen) atoms. The second-order valence-corrected chi connectivity index (χ2v) is 9.27. The Hall–Kier alpha value is -2.17. The lowest BCUT2D eigenvalue weighted by atomic mass is 10.00. The molecule has 3 rings (SSSR count). The Morgan fingerprint density at radius 2 is 1.93 bits per heavy atom. The predicted molar refractivity (Wildman–Crippen MR) is 101 cm³/mol. The number of hydrogen-bond acceptors (Lipinski definition) is 5. The summed E-state index contributed by atoms with van der Waals surface area (Å²) >= 11 is 6.07. The molecule has 0 spiro atoms. The summed E-state index contributed by atoms with van der Waals surface area (Å²) < 4.78 is 26.9. The van der Waals surface area contributed by atoms with Gasteiger partial charge in [-0.1, -0.05) is 18.5 Å². The molecule has 2 aliphatic rings. The lowest BCUT2D eigenvalue weighted by Gasteiger charge is -2.20. The highest BCUT2D eigenvalue weighted by Crippen LogP contribution is 2.28. The summed E-state index contributed by atoms with van der Waals surface area (Å²) in [5.74, 6) is -1.38. The van der Waals surface area contributed by atoms with Gasteiger partial charge >= 0.3 is 6.03 Å². The van der Waals surface area contributed by atoms with Crippen LogP contribution in [0.5, 0.6) is 0 Å². The Balaban J connectivity index is 1.86. The largest absolute Gasteiger partial charge is 0.344 e. The summed E-state index contributed by atoms with van der Waals surface area (Å²) in [5.41, 5.74) is 1.10. The van der Waals surface area contributed by atoms with Crippen LogP contribution in [0.25, 0.3) is 0 Å². The second kappa shape index (κ2) is 7.34. The van der Waals surface area contributed by atoms with Gasteiger partial charge in [0.1, 0.15) is 10.4 Å². The number of urea groups is 1. The third-order valence-electron chi connectivity index (χ3n) is 5.06. The number of amides is 4. The molecule has 2 saturated heterocycles. The maximum atomic E-state index is 12.8. The Morgan fingerprint density at radius 1 is 1.29 bits per heavy atom. The number of nitrogens with zero attached hydrogens (tertiary/aromatic N) is 2. The van der Waals surface area contributed by atoms with Crippen molar-refractivity contribution in [1.29, 1.82) is 0 Å². The van der Waals surface area contributed by atoms with Gasteiger partial charge in [0.2, 0.25) is 10.0 Å². The summed E-state index contributed by atoms with van der Waals surface area (Å²) in [6.45, 7) is 4.08. The fourth-order valence-corrected chi connectivity index (χ4v) is 5.12. The molecule has 0 aromatic heterocycles. The quantitative estimate of drug-likeness (QED) is 0.689. The number of hydrazine groups is 1. The highest BCUT2D eigenvalue weighted by atomic mass is 35.5. The summed E-state index contributed by atoms with van der Waals surface area (Å²) in [5, 5.41) is 3.12. The van der Waals surface area contributed by atoms with Gasteiger partial charge in [-0.3, -0.25) is 15.0 Å². The smallest absolute Gasteiger partial charge is 0.322 e. The number of benzene rings is 1. The molecule has 0 saturated carbocycles. The average molecular weight is 429 g/mol. The number of sulfonamides is 1. The Morgan fingerprint density at radius 3 is 2.50 bits per heavy atom. The Bertz CT molecular complexity index is 945. The van der Waals surface area contributed by atoms with Crippen molar-refractivity contribution in [3.8, 4) is 0 Å². The van der Waals surface area contributed by atoms with Gasteiger partial charge < -0.3 is 5.32 Å². The van der Waals surface area contributed by atoms with E-state index in [1.54, 1.807) is 13.8 Å². The zero-order valence-corrected chi connectivity index (χ0v) is 17.1. The van der Waals surface area contributed by atoms with Crippen LogP contribution in [0.3, 0.4) is 0 Å². The van der Waals surface area contributed by atoms with Crippen LogP contribution in [0.15, 0.2) is 23.1 Å². The molecule has 0 bridgehead atoms. The van der Waals surface area contributed by atoms with Gasteiger partial charge in [-0.25, -0.2) is 13.2 Å². The minimum absolute atomic E-state index is 0.00278. The van der Waals surface area contributed by atoms with Gasteiger partial charge in [-0.05, 0) is 44.4 Å². The summed E-state index contributed by atoms with van der Waals surface area (Å²) in [7, 11) is -3.84. The lowest BCUT2D eigenvalue weighted by molar-refractivity contribution is -0.132. The number of carbonyl (C=O) groups is 3. The fraction of sp³-hybridized carbons (Fsp3) is 0.471. The molecule has 9 nitrogen and oxygen atoms in total. The van der Waals surface area contributed by atoms with Crippen molar-refractivity contribution < 1.29 is 22.8 Å². The van der Waals surface area contributed by atoms with Gasteiger partial charge in [-0.2, -0.15) is 9.31 Å². The van der Waals surface area contributed by atoms with E-state index in [1.807, 2.05) is 0 Å². The van der Waals surface area contributed by atoms with Gasteiger partial charge in [-0.15, -0.1) is 0 Å². The zero-order chi connectivity index (χ0) is 20.7. The first kappa shape index (κ1) is 20.6. The molecule has 1 atom stereocenters. The van der Waals surface area contributed by atoms with Crippen LogP contribution in [-0.4, -0.2) is 54.2 Å². The van der Waals surface area contributed by atoms with E-state index in [0.717, 1.165) is 18.9 Å². The number of nitrogens with one attached hydrogen (secondary N) is 2. The van der Waals surface area contributed by atoms with Crippen molar-refractivity contribution in [3.63, 3.8) is 0 Å². The van der Waals surface area contributed by atoms with Crippen LogP contribution in [0, 0.1) is 0 Å². The SMILES string of the molecule is CC[C@@]1(C)NC(=O)N(NC(=O)c2ccc(Cl)c(S(=O)(=O)N3CCCC3)c2)C1=O. The van der Waals surface area contributed by atoms with Crippen molar-refractivity contribution in [2.45, 2.75) is 43.5 Å². The molecule has 2 aliphatic heterocycles. The van der Waals surface area contributed by atoms with Crippen molar-refractivity contribution in [2.75, 3.05) is 13.1 Å². The first-order chi connectivity index (χ1) is 13.1. The van der Waals surface area contributed by atoms with Crippen molar-refractivity contribution in [3.05, 3.63) is 28.8 Å². The molecule has 1 aromatic carbocycles. The molecule has 4 amide bonds. The van der Waals surface area contributed by atoms with Crippen LogP contribution in [-0.2, 0) is 14.8 Å².